The van der Waals surface area contributed by atoms with E-state index in [9.17, 15) is 4.79 Å². The summed E-state index contributed by atoms with van der Waals surface area (Å²) in [6.07, 6.45) is 1.71. The van der Waals surface area contributed by atoms with Crippen molar-refractivity contribution in [1.82, 2.24) is 5.32 Å². The fourth-order valence-electron chi connectivity index (χ4n) is 2.44. The predicted molar refractivity (Wildman–Crippen MR) is 98.5 cm³/mol. The van der Waals surface area contributed by atoms with Gasteiger partial charge in [0.25, 0.3) is 5.91 Å². The van der Waals surface area contributed by atoms with Gasteiger partial charge in [-0.3, -0.25) is 9.69 Å². The first-order valence-corrected chi connectivity index (χ1v) is 7.91. The highest BCUT2D eigenvalue weighted by Gasteiger charge is 2.32. The van der Waals surface area contributed by atoms with E-state index >= 15 is 0 Å². The Morgan fingerprint density at radius 1 is 1.25 bits per heavy atom. The van der Waals surface area contributed by atoms with Gasteiger partial charge < -0.3 is 5.32 Å². The van der Waals surface area contributed by atoms with Gasteiger partial charge in [-0.1, -0.05) is 23.7 Å². The number of thiocarbonyl (C=S) groups is 1. The maximum absolute atomic E-state index is 12.7. The number of rotatable bonds is 2. The maximum atomic E-state index is 12.7. The molecule has 1 aliphatic rings. The molecule has 1 amide bonds. The Balaban J connectivity index is 1.93. The molecule has 24 heavy (non-hydrogen) atoms. The lowest BCUT2D eigenvalue weighted by atomic mass is 10.1. The van der Waals surface area contributed by atoms with E-state index in [0.29, 0.717) is 27.1 Å². The molecular weight excluding hydrogens is 342 g/mol. The second-order valence-electron chi connectivity index (χ2n) is 5.29. The van der Waals surface area contributed by atoms with Crippen molar-refractivity contribution in [2.45, 2.75) is 6.92 Å². The number of hydrogen-bond donors (Lipinski definition) is 1. The van der Waals surface area contributed by atoms with Crippen molar-refractivity contribution in [1.29, 1.82) is 5.26 Å². The van der Waals surface area contributed by atoms with Gasteiger partial charge in [0.1, 0.15) is 5.70 Å². The first-order chi connectivity index (χ1) is 11.5. The van der Waals surface area contributed by atoms with Gasteiger partial charge >= 0.3 is 0 Å². The van der Waals surface area contributed by atoms with E-state index in [4.69, 9.17) is 29.1 Å². The molecule has 118 valence electrons. The van der Waals surface area contributed by atoms with E-state index < -0.39 is 0 Å². The summed E-state index contributed by atoms with van der Waals surface area (Å²) in [6, 6.07) is 14.3. The molecule has 4 nitrogen and oxygen atoms in total. The number of carbonyl (C=O) groups excluding carboxylic acids is 1. The smallest absolute Gasteiger partial charge is 0.281 e. The molecule has 1 fully saturated rings. The van der Waals surface area contributed by atoms with Crippen molar-refractivity contribution < 1.29 is 4.79 Å². The molecule has 0 aromatic heterocycles. The zero-order valence-electron chi connectivity index (χ0n) is 12.7. The Hall–Kier alpha value is -2.68. The zero-order chi connectivity index (χ0) is 17.3. The third-order valence-corrected chi connectivity index (χ3v) is 4.15. The average Bonchev–Trinajstić information content (AvgIpc) is 2.83. The van der Waals surface area contributed by atoms with E-state index in [2.05, 4.69) is 11.4 Å². The number of halogens is 1. The molecule has 0 unspecified atom stereocenters. The molecule has 0 saturated carbocycles. The van der Waals surface area contributed by atoms with E-state index in [-0.39, 0.29) is 5.91 Å². The zero-order valence-corrected chi connectivity index (χ0v) is 14.3. The molecule has 2 aromatic carbocycles. The molecular formula is C18H12ClN3OS. The topological polar surface area (TPSA) is 56.1 Å². The normalized spacial score (nSPS) is 15.5. The largest absolute Gasteiger partial charge is 0.327 e. The van der Waals surface area contributed by atoms with Crippen molar-refractivity contribution >= 4 is 46.6 Å². The standard InChI is InChI=1S/C18H12ClN3OS/c1-11-8-14(19)6-7-16(11)22-17(23)15(21-18(22)24)9-12-2-4-13(10-20)5-3-12/h2-9H,1H3,(H,21,24)/b15-9+. The molecule has 0 atom stereocenters. The van der Waals surface area contributed by atoms with Crippen LogP contribution in [0.15, 0.2) is 48.2 Å². The van der Waals surface area contributed by atoms with Crippen LogP contribution in [0.3, 0.4) is 0 Å². The molecule has 6 heteroatoms. The van der Waals surface area contributed by atoms with E-state index in [1.165, 1.54) is 4.90 Å². The number of anilines is 1. The SMILES string of the molecule is Cc1cc(Cl)ccc1N1C(=O)/C(=C\c2ccc(C#N)cc2)NC1=S. The number of benzene rings is 2. The van der Waals surface area contributed by atoms with Crippen LogP contribution in [0.2, 0.25) is 5.02 Å². The van der Waals surface area contributed by atoms with Crippen LogP contribution < -0.4 is 10.2 Å². The second kappa shape index (κ2) is 6.44. The average molecular weight is 354 g/mol. The summed E-state index contributed by atoms with van der Waals surface area (Å²) in [4.78, 5) is 14.2. The Kier molecular flexibility index (Phi) is 4.34. The van der Waals surface area contributed by atoms with E-state index in [1.54, 1.807) is 48.5 Å². The molecule has 0 spiro atoms. The van der Waals surface area contributed by atoms with Crippen molar-refractivity contribution in [3.05, 3.63) is 69.9 Å². The molecule has 2 aromatic rings. The highest BCUT2D eigenvalue weighted by Crippen LogP contribution is 2.28. The third-order valence-electron chi connectivity index (χ3n) is 3.63. The minimum Gasteiger partial charge on any atom is -0.327 e. The molecule has 0 radical (unpaired) electrons. The Labute approximate surface area is 150 Å². The molecule has 3 rings (SSSR count). The Bertz CT molecular complexity index is 913. The number of nitrogens with zero attached hydrogens (tertiary/aromatic N) is 2. The molecule has 1 saturated heterocycles. The second-order valence-corrected chi connectivity index (χ2v) is 6.12. The van der Waals surface area contributed by atoms with Gasteiger partial charge in [0.15, 0.2) is 5.11 Å². The highest BCUT2D eigenvalue weighted by molar-refractivity contribution is 7.80. The summed E-state index contributed by atoms with van der Waals surface area (Å²) in [5, 5.41) is 12.7. The first kappa shape index (κ1) is 16.2. The number of carbonyl (C=O) groups is 1. The molecule has 0 aliphatic carbocycles. The lowest BCUT2D eigenvalue weighted by Gasteiger charge is -2.16. The van der Waals surface area contributed by atoms with Crippen LogP contribution in [0.4, 0.5) is 5.69 Å². The van der Waals surface area contributed by atoms with Crippen LogP contribution in [0.25, 0.3) is 6.08 Å². The highest BCUT2D eigenvalue weighted by atomic mass is 35.5. The molecule has 1 N–H and O–H groups in total. The quantitative estimate of drug-likeness (QED) is 0.659. The number of aryl methyl sites for hydroxylation is 1. The Morgan fingerprint density at radius 3 is 2.58 bits per heavy atom. The minimum absolute atomic E-state index is 0.227. The minimum atomic E-state index is -0.227. The number of amides is 1. The first-order valence-electron chi connectivity index (χ1n) is 7.13. The molecule has 1 heterocycles. The predicted octanol–water partition coefficient (Wildman–Crippen LogP) is 3.78. The summed E-state index contributed by atoms with van der Waals surface area (Å²) in [5.74, 6) is -0.227. The lowest BCUT2D eigenvalue weighted by Crippen LogP contribution is -2.30. The summed E-state index contributed by atoms with van der Waals surface area (Å²) >= 11 is 11.3. The number of nitriles is 1. The fourth-order valence-corrected chi connectivity index (χ4v) is 2.96. The van der Waals surface area contributed by atoms with Crippen LogP contribution >= 0.6 is 23.8 Å². The van der Waals surface area contributed by atoms with Crippen LogP contribution in [0.5, 0.6) is 0 Å². The van der Waals surface area contributed by atoms with E-state index in [0.717, 1.165) is 11.1 Å². The molecule has 0 bridgehead atoms. The van der Waals surface area contributed by atoms with Gasteiger partial charge in [0.05, 0.1) is 17.3 Å². The monoisotopic (exact) mass is 353 g/mol. The summed E-state index contributed by atoms with van der Waals surface area (Å²) in [7, 11) is 0. The van der Waals surface area contributed by atoms with Crippen LogP contribution in [0.1, 0.15) is 16.7 Å². The van der Waals surface area contributed by atoms with Gasteiger partial charge in [0.2, 0.25) is 0 Å². The van der Waals surface area contributed by atoms with Crippen LogP contribution in [-0.2, 0) is 4.79 Å². The van der Waals surface area contributed by atoms with Crippen molar-refractivity contribution in [3.63, 3.8) is 0 Å². The fraction of sp³-hybridized carbons (Fsp3) is 0.0556. The van der Waals surface area contributed by atoms with Crippen LogP contribution in [0, 0.1) is 18.3 Å². The van der Waals surface area contributed by atoms with Gasteiger partial charge in [-0.25, -0.2) is 0 Å². The maximum Gasteiger partial charge on any atom is 0.281 e. The van der Waals surface area contributed by atoms with Gasteiger partial charge in [-0.2, -0.15) is 5.26 Å². The van der Waals surface area contributed by atoms with Gasteiger partial charge in [0, 0.05) is 5.02 Å². The summed E-state index contributed by atoms with van der Waals surface area (Å²) in [5.41, 5.74) is 3.32. The van der Waals surface area contributed by atoms with Gasteiger partial charge in [-0.15, -0.1) is 0 Å². The van der Waals surface area contributed by atoms with Crippen molar-refractivity contribution in [2.24, 2.45) is 0 Å². The lowest BCUT2D eigenvalue weighted by molar-refractivity contribution is -0.113. The number of nitrogens with one attached hydrogen (secondary N) is 1. The summed E-state index contributed by atoms with van der Waals surface area (Å²) < 4.78 is 0. The Morgan fingerprint density at radius 2 is 1.96 bits per heavy atom. The third kappa shape index (κ3) is 3.02. The molecule has 1 aliphatic heterocycles. The van der Waals surface area contributed by atoms with Crippen molar-refractivity contribution in [2.75, 3.05) is 4.90 Å². The van der Waals surface area contributed by atoms with Crippen LogP contribution in [-0.4, -0.2) is 11.0 Å². The number of hydrogen-bond acceptors (Lipinski definition) is 3. The van der Waals surface area contributed by atoms with E-state index in [1.807, 2.05) is 6.92 Å². The van der Waals surface area contributed by atoms with Crippen molar-refractivity contribution in [3.8, 4) is 6.07 Å². The van der Waals surface area contributed by atoms with Gasteiger partial charge in [-0.05, 0) is 66.7 Å². The summed E-state index contributed by atoms with van der Waals surface area (Å²) in [6.45, 7) is 1.87.